The van der Waals surface area contributed by atoms with Crippen LogP contribution in [0.3, 0.4) is 0 Å². The van der Waals surface area contributed by atoms with Crippen molar-refractivity contribution in [2.45, 2.75) is 0 Å². The molecule has 0 aliphatic heterocycles. The van der Waals surface area contributed by atoms with Crippen LogP contribution in [0.15, 0.2) is 55.0 Å². The average Bonchev–Trinajstić information content (AvgIpc) is 2.74. The Morgan fingerprint density at radius 3 is 2.67 bits per heavy atom. The zero-order valence-electron chi connectivity index (χ0n) is 8.04. The van der Waals surface area contributed by atoms with Gasteiger partial charge in [0, 0.05) is 17.8 Å². The fourth-order valence-corrected chi connectivity index (χ4v) is 1.65. The number of hydrogen-bond acceptors (Lipinski definition) is 2. The summed E-state index contributed by atoms with van der Waals surface area (Å²) in [6.45, 7) is 0. The zero-order valence-corrected chi connectivity index (χ0v) is 8.04. The lowest BCUT2D eigenvalue weighted by molar-refractivity contribution is 0.910. The van der Waals surface area contributed by atoms with Crippen molar-refractivity contribution in [1.82, 2.24) is 14.8 Å². The van der Waals surface area contributed by atoms with Crippen molar-refractivity contribution in [1.29, 1.82) is 0 Å². The molecule has 3 nitrogen and oxygen atoms in total. The van der Waals surface area contributed by atoms with Crippen molar-refractivity contribution < 1.29 is 0 Å². The number of hydrogen-bond donors (Lipinski definition) is 0. The number of benzene rings is 1. The van der Waals surface area contributed by atoms with E-state index < -0.39 is 0 Å². The largest absolute Gasteiger partial charge is 0.264 e. The second kappa shape index (κ2) is 3.20. The maximum absolute atomic E-state index is 4.34. The van der Waals surface area contributed by atoms with Crippen molar-refractivity contribution in [3.8, 4) is 5.69 Å². The van der Waals surface area contributed by atoms with Crippen LogP contribution in [0.25, 0.3) is 16.6 Å². The van der Waals surface area contributed by atoms with Crippen LogP contribution in [0.4, 0.5) is 0 Å². The van der Waals surface area contributed by atoms with Crippen molar-refractivity contribution in [2.24, 2.45) is 0 Å². The number of pyridine rings is 1. The standard InChI is InChI=1S/C12H9N3/c1-2-4-11(5-3-1)15-12-6-7-13-8-10(12)9-14-15/h1-9H. The van der Waals surface area contributed by atoms with E-state index >= 15 is 0 Å². The smallest absolute Gasteiger partial charge is 0.0771 e. The van der Waals surface area contributed by atoms with Crippen molar-refractivity contribution in [2.75, 3.05) is 0 Å². The van der Waals surface area contributed by atoms with Crippen LogP contribution in [0, 0.1) is 0 Å². The minimum absolute atomic E-state index is 1.06. The van der Waals surface area contributed by atoms with E-state index in [2.05, 4.69) is 10.1 Å². The van der Waals surface area contributed by atoms with Crippen molar-refractivity contribution in [3.63, 3.8) is 0 Å². The monoisotopic (exact) mass is 195 g/mol. The molecule has 0 aliphatic carbocycles. The molecule has 0 fully saturated rings. The first kappa shape index (κ1) is 8.17. The highest BCUT2D eigenvalue weighted by Crippen LogP contribution is 2.16. The van der Waals surface area contributed by atoms with E-state index in [4.69, 9.17) is 0 Å². The van der Waals surface area contributed by atoms with Gasteiger partial charge < -0.3 is 0 Å². The van der Waals surface area contributed by atoms with Gasteiger partial charge in [0.25, 0.3) is 0 Å². The number of rotatable bonds is 1. The van der Waals surface area contributed by atoms with Gasteiger partial charge in [-0.15, -0.1) is 0 Å². The quantitative estimate of drug-likeness (QED) is 0.597. The molecule has 3 rings (SSSR count). The molecule has 3 aromatic rings. The van der Waals surface area contributed by atoms with Gasteiger partial charge in [-0.25, -0.2) is 4.68 Å². The normalized spacial score (nSPS) is 10.7. The van der Waals surface area contributed by atoms with E-state index in [9.17, 15) is 0 Å². The summed E-state index contributed by atoms with van der Waals surface area (Å²) in [4.78, 5) is 4.07. The molecule has 3 heteroatoms. The van der Waals surface area contributed by atoms with E-state index in [0.717, 1.165) is 16.6 Å². The Morgan fingerprint density at radius 1 is 0.933 bits per heavy atom. The highest BCUT2D eigenvalue weighted by Gasteiger charge is 2.02. The molecule has 0 unspecified atom stereocenters. The summed E-state index contributed by atoms with van der Waals surface area (Å²) >= 11 is 0. The molecule has 2 heterocycles. The van der Waals surface area contributed by atoms with Gasteiger partial charge in [0.15, 0.2) is 0 Å². The molecule has 0 atom stereocenters. The van der Waals surface area contributed by atoms with Gasteiger partial charge in [-0.3, -0.25) is 4.98 Å². The van der Waals surface area contributed by atoms with E-state index in [-0.39, 0.29) is 0 Å². The van der Waals surface area contributed by atoms with E-state index in [1.807, 2.05) is 53.5 Å². The third-order valence-electron chi connectivity index (χ3n) is 2.37. The first-order valence-electron chi connectivity index (χ1n) is 4.78. The highest BCUT2D eigenvalue weighted by molar-refractivity contribution is 5.78. The maximum Gasteiger partial charge on any atom is 0.0771 e. The SMILES string of the molecule is c1ccc(-n2ncc3cnccc32)cc1. The van der Waals surface area contributed by atoms with Crippen LogP contribution in [0.2, 0.25) is 0 Å². The number of aromatic nitrogens is 3. The summed E-state index contributed by atoms with van der Waals surface area (Å²) < 4.78 is 1.91. The minimum Gasteiger partial charge on any atom is -0.264 e. The minimum atomic E-state index is 1.06. The third-order valence-corrected chi connectivity index (χ3v) is 2.37. The Hall–Kier alpha value is -2.16. The van der Waals surface area contributed by atoms with Crippen molar-refractivity contribution >= 4 is 10.9 Å². The van der Waals surface area contributed by atoms with Gasteiger partial charge in [0.2, 0.25) is 0 Å². The van der Waals surface area contributed by atoms with Crippen LogP contribution in [-0.2, 0) is 0 Å². The molecule has 0 spiro atoms. The van der Waals surface area contributed by atoms with Crippen LogP contribution in [0.5, 0.6) is 0 Å². The van der Waals surface area contributed by atoms with E-state index in [0.29, 0.717) is 0 Å². The average molecular weight is 195 g/mol. The molecule has 0 N–H and O–H groups in total. The molecule has 0 aliphatic rings. The predicted molar refractivity (Wildman–Crippen MR) is 58.9 cm³/mol. The first-order valence-corrected chi connectivity index (χ1v) is 4.78. The fourth-order valence-electron chi connectivity index (χ4n) is 1.65. The van der Waals surface area contributed by atoms with Gasteiger partial charge in [0.1, 0.15) is 0 Å². The van der Waals surface area contributed by atoms with Gasteiger partial charge in [-0.1, -0.05) is 18.2 Å². The van der Waals surface area contributed by atoms with Gasteiger partial charge >= 0.3 is 0 Å². The van der Waals surface area contributed by atoms with Gasteiger partial charge in [-0.05, 0) is 18.2 Å². The highest BCUT2D eigenvalue weighted by atomic mass is 15.3. The Labute approximate surface area is 87.0 Å². The topological polar surface area (TPSA) is 30.7 Å². The summed E-state index contributed by atoms with van der Waals surface area (Å²) in [5.74, 6) is 0. The molecule has 0 bridgehead atoms. The van der Waals surface area contributed by atoms with E-state index in [1.165, 1.54) is 0 Å². The first-order chi connectivity index (χ1) is 7.45. The summed E-state index contributed by atoms with van der Waals surface area (Å²) in [6.07, 6.45) is 5.43. The van der Waals surface area contributed by atoms with Crippen LogP contribution >= 0.6 is 0 Å². The Balaban J connectivity index is 2.28. The second-order valence-corrected chi connectivity index (χ2v) is 3.33. The Bertz CT molecular complexity index is 584. The molecule has 1 aromatic carbocycles. The molecular formula is C12H9N3. The van der Waals surface area contributed by atoms with Crippen LogP contribution < -0.4 is 0 Å². The zero-order chi connectivity index (χ0) is 10.1. The molecule has 2 aromatic heterocycles. The second-order valence-electron chi connectivity index (χ2n) is 3.33. The third kappa shape index (κ3) is 1.29. The van der Waals surface area contributed by atoms with Gasteiger partial charge in [0.05, 0.1) is 17.4 Å². The lowest BCUT2D eigenvalue weighted by atomic mass is 10.3. The molecule has 0 radical (unpaired) electrons. The molecule has 15 heavy (non-hydrogen) atoms. The number of nitrogens with zero attached hydrogens (tertiary/aromatic N) is 3. The summed E-state index contributed by atoms with van der Waals surface area (Å²) in [7, 11) is 0. The molecule has 0 saturated heterocycles. The van der Waals surface area contributed by atoms with Crippen LogP contribution in [0.1, 0.15) is 0 Å². The molecule has 72 valence electrons. The maximum atomic E-state index is 4.34. The Kier molecular flexibility index (Phi) is 1.75. The lowest BCUT2D eigenvalue weighted by Crippen LogP contribution is -1.94. The molecule has 0 saturated carbocycles. The summed E-state index contributed by atoms with van der Waals surface area (Å²) in [5, 5.41) is 5.40. The van der Waals surface area contributed by atoms with Crippen molar-refractivity contribution in [3.05, 3.63) is 55.0 Å². The molecular weight excluding hydrogens is 186 g/mol. The number of para-hydroxylation sites is 1. The predicted octanol–water partition coefficient (Wildman–Crippen LogP) is 2.42. The lowest BCUT2D eigenvalue weighted by Gasteiger charge is -2.01. The van der Waals surface area contributed by atoms with Gasteiger partial charge in [-0.2, -0.15) is 5.10 Å². The van der Waals surface area contributed by atoms with Crippen LogP contribution in [-0.4, -0.2) is 14.8 Å². The number of fused-ring (bicyclic) bond motifs is 1. The fraction of sp³-hybridized carbons (Fsp3) is 0. The summed E-state index contributed by atoms with van der Waals surface area (Å²) in [5.41, 5.74) is 2.15. The summed E-state index contributed by atoms with van der Waals surface area (Å²) in [6, 6.07) is 12.0. The van der Waals surface area contributed by atoms with E-state index in [1.54, 1.807) is 6.20 Å². The Morgan fingerprint density at radius 2 is 1.80 bits per heavy atom. The molecule has 0 amide bonds.